The van der Waals surface area contributed by atoms with E-state index in [1.807, 2.05) is 47.1 Å². The number of para-hydroxylation sites is 2. The van der Waals surface area contributed by atoms with E-state index in [4.69, 9.17) is 10.1 Å². The van der Waals surface area contributed by atoms with Crippen molar-refractivity contribution in [3.05, 3.63) is 76.6 Å². The van der Waals surface area contributed by atoms with E-state index in [-0.39, 0.29) is 12.1 Å². The second-order valence-electron chi connectivity index (χ2n) is 7.16. The largest absolute Gasteiger partial charge is 0.281 e. The summed E-state index contributed by atoms with van der Waals surface area (Å²) in [7, 11) is 0. The molecule has 4 aromatic rings. The van der Waals surface area contributed by atoms with Crippen LogP contribution in [0.5, 0.6) is 0 Å². The van der Waals surface area contributed by atoms with Gasteiger partial charge < -0.3 is 0 Å². The average Bonchev–Trinajstić information content (AvgIpc) is 3.54. The van der Waals surface area contributed by atoms with Crippen molar-refractivity contribution in [2.75, 3.05) is 0 Å². The Hall–Kier alpha value is -3.44. The third kappa shape index (κ3) is 3.48. The maximum atomic E-state index is 12.8. The Labute approximate surface area is 177 Å². The molecule has 0 radical (unpaired) electrons. The summed E-state index contributed by atoms with van der Waals surface area (Å²) >= 11 is 1.43. The highest BCUT2D eigenvalue weighted by Gasteiger charge is 2.30. The Morgan fingerprint density at radius 2 is 1.83 bits per heavy atom. The van der Waals surface area contributed by atoms with Crippen molar-refractivity contribution in [1.29, 1.82) is 5.26 Å². The second kappa shape index (κ2) is 7.76. The fourth-order valence-electron chi connectivity index (χ4n) is 3.42. The SMILES string of the molecule is N#CCn1c(CSc2nc(C3CC3)n(-c3ccccc3)n2)nc2ccccc2c1=O. The van der Waals surface area contributed by atoms with Crippen LogP contribution in [-0.2, 0) is 12.3 Å². The summed E-state index contributed by atoms with van der Waals surface area (Å²) < 4.78 is 3.35. The Balaban J connectivity index is 1.48. The van der Waals surface area contributed by atoms with E-state index in [0.29, 0.717) is 33.6 Å². The van der Waals surface area contributed by atoms with Gasteiger partial charge in [-0.25, -0.2) is 14.6 Å². The maximum Gasteiger partial charge on any atom is 0.262 e. The number of hydrogen-bond acceptors (Lipinski definition) is 6. The minimum Gasteiger partial charge on any atom is -0.281 e. The number of nitriles is 1. The number of aromatic nitrogens is 5. The molecule has 5 rings (SSSR count). The molecule has 7 nitrogen and oxygen atoms in total. The van der Waals surface area contributed by atoms with Crippen molar-refractivity contribution in [3.8, 4) is 11.8 Å². The summed E-state index contributed by atoms with van der Waals surface area (Å²) in [6, 6.07) is 19.3. The van der Waals surface area contributed by atoms with Crippen LogP contribution in [0.2, 0.25) is 0 Å². The third-order valence-electron chi connectivity index (χ3n) is 5.06. The molecule has 30 heavy (non-hydrogen) atoms. The van der Waals surface area contributed by atoms with Crippen molar-refractivity contribution in [2.24, 2.45) is 0 Å². The normalized spacial score (nSPS) is 13.4. The lowest BCUT2D eigenvalue weighted by Gasteiger charge is -2.09. The molecule has 0 saturated heterocycles. The summed E-state index contributed by atoms with van der Waals surface area (Å²) in [6.45, 7) is -0.0359. The summed E-state index contributed by atoms with van der Waals surface area (Å²) in [6.07, 6.45) is 2.26. The molecule has 1 aliphatic rings. The molecule has 0 aliphatic heterocycles. The molecule has 2 aromatic heterocycles. The smallest absolute Gasteiger partial charge is 0.262 e. The van der Waals surface area contributed by atoms with Crippen LogP contribution in [0.25, 0.3) is 16.6 Å². The van der Waals surface area contributed by atoms with Gasteiger partial charge in [-0.15, -0.1) is 5.10 Å². The molecule has 0 amide bonds. The van der Waals surface area contributed by atoms with Crippen LogP contribution in [-0.4, -0.2) is 24.3 Å². The number of hydrogen-bond donors (Lipinski definition) is 0. The number of benzene rings is 2. The number of rotatable bonds is 6. The molecule has 0 bridgehead atoms. The van der Waals surface area contributed by atoms with Crippen molar-refractivity contribution < 1.29 is 0 Å². The number of thioether (sulfide) groups is 1. The van der Waals surface area contributed by atoms with Crippen LogP contribution in [0.3, 0.4) is 0 Å². The fraction of sp³-hybridized carbons (Fsp3) is 0.227. The van der Waals surface area contributed by atoms with Gasteiger partial charge in [-0.2, -0.15) is 5.26 Å². The third-order valence-corrected chi connectivity index (χ3v) is 5.89. The topological polar surface area (TPSA) is 89.4 Å². The summed E-state index contributed by atoms with van der Waals surface area (Å²) in [4.78, 5) is 22.2. The van der Waals surface area contributed by atoms with Gasteiger partial charge in [0.15, 0.2) is 0 Å². The minimum absolute atomic E-state index is 0.0359. The van der Waals surface area contributed by atoms with Crippen LogP contribution in [0.4, 0.5) is 0 Å². The lowest BCUT2D eigenvalue weighted by molar-refractivity contribution is 0.729. The van der Waals surface area contributed by atoms with Crippen LogP contribution in [0.1, 0.15) is 30.4 Å². The lowest BCUT2D eigenvalue weighted by atomic mass is 10.2. The van der Waals surface area contributed by atoms with Crippen molar-refractivity contribution in [1.82, 2.24) is 24.3 Å². The standard InChI is InChI=1S/C22H18N6OS/c23-12-13-27-19(24-18-9-5-4-8-17(18)21(27)29)14-30-22-25-20(15-10-11-15)28(26-22)16-6-2-1-3-7-16/h1-9,15H,10-11,13-14H2. The highest BCUT2D eigenvalue weighted by Crippen LogP contribution is 2.40. The fourth-order valence-corrected chi connectivity index (χ4v) is 4.19. The highest BCUT2D eigenvalue weighted by molar-refractivity contribution is 7.98. The van der Waals surface area contributed by atoms with Gasteiger partial charge >= 0.3 is 0 Å². The second-order valence-corrected chi connectivity index (χ2v) is 8.10. The van der Waals surface area contributed by atoms with E-state index in [1.54, 1.807) is 12.1 Å². The van der Waals surface area contributed by atoms with Crippen molar-refractivity contribution in [3.63, 3.8) is 0 Å². The molecule has 1 aliphatic carbocycles. The number of fused-ring (bicyclic) bond motifs is 1. The molecule has 1 saturated carbocycles. The first-order valence-corrected chi connectivity index (χ1v) is 10.7. The quantitative estimate of drug-likeness (QED) is 0.447. The van der Waals surface area contributed by atoms with Gasteiger partial charge in [-0.1, -0.05) is 42.1 Å². The van der Waals surface area contributed by atoms with E-state index < -0.39 is 0 Å². The molecular weight excluding hydrogens is 396 g/mol. The molecule has 2 heterocycles. The Bertz CT molecular complexity index is 1320. The van der Waals surface area contributed by atoms with Gasteiger partial charge in [0.05, 0.1) is 28.4 Å². The maximum absolute atomic E-state index is 12.8. The molecule has 0 atom stereocenters. The van der Waals surface area contributed by atoms with Gasteiger partial charge in [-0.3, -0.25) is 9.36 Å². The molecule has 2 aromatic carbocycles. The minimum atomic E-state index is -0.195. The van der Waals surface area contributed by atoms with Crippen LogP contribution < -0.4 is 5.56 Å². The molecule has 8 heteroatoms. The van der Waals surface area contributed by atoms with Crippen molar-refractivity contribution in [2.45, 2.75) is 36.2 Å². The Morgan fingerprint density at radius 3 is 2.60 bits per heavy atom. The van der Waals surface area contributed by atoms with Gasteiger partial charge in [0.2, 0.25) is 5.16 Å². The number of nitrogens with zero attached hydrogens (tertiary/aromatic N) is 6. The molecule has 0 spiro atoms. The first-order chi connectivity index (χ1) is 14.7. The van der Waals surface area contributed by atoms with Gasteiger partial charge in [-0.05, 0) is 37.1 Å². The van der Waals surface area contributed by atoms with Gasteiger partial charge in [0.1, 0.15) is 18.2 Å². The zero-order valence-electron chi connectivity index (χ0n) is 16.1. The molecule has 0 N–H and O–H groups in total. The Morgan fingerprint density at radius 1 is 1.07 bits per heavy atom. The van der Waals surface area contributed by atoms with E-state index in [9.17, 15) is 10.1 Å². The van der Waals surface area contributed by atoms with Gasteiger partial charge in [0.25, 0.3) is 5.56 Å². The van der Waals surface area contributed by atoms with E-state index in [0.717, 1.165) is 24.4 Å². The monoisotopic (exact) mass is 414 g/mol. The average molecular weight is 414 g/mol. The Kier molecular flexibility index (Phi) is 4.81. The first-order valence-electron chi connectivity index (χ1n) is 9.75. The predicted octanol–water partition coefficient (Wildman–Crippen LogP) is 3.67. The summed E-state index contributed by atoms with van der Waals surface area (Å²) in [5, 5.41) is 15.1. The van der Waals surface area contributed by atoms with E-state index in [1.165, 1.54) is 16.3 Å². The molecule has 0 unspecified atom stereocenters. The van der Waals surface area contributed by atoms with Crippen LogP contribution in [0.15, 0.2) is 64.5 Å². The zero-order valence-corrected chi connectivity index (χ0v) is 16.9. The van der Waals surface area contributed by atoms with E-state index in [2.05, 4.69) is 11.1 Å². The van der Waals surface area contributed by atoms with Crippen LogP contribution in [0, 0.1) is 11.3 Å². The molecular formula is C22H18N6OS. The van der Waals surface area contributed by atoms with Crippen LogP contribution >= 0.6 is 11.8 Å². The van der Waals surface area contributed by atoms with Gasteiger partial charge in [0, 0.05) is 5.92 Å². The lowest BCUT2D eigenvalue weighted by Crippen LogP contribution is -2.24. The first kappa shape index (κ1) is 18.6. The highest BCUT2D eigenvalue weighted by atomic mass is 32.2. The van der Waals surface area contributed by atoms with Crippen molar-refractivity contribution >= 4 is 22.7 Å². The predicted molar refractivity (Wildman–Crippen MR) is 115 cm³/mol. The van der Waals surface area contributed by atoms with E-state index >= 15 is 0 Å². The summed E-state index contributed by atoms with van der Waals surface area (Å²) in [5.74, 6) is 2.38. The molecule has 1 fully saturated rings. The zero-order chi connectivity index (χ0) is 20.5. The summed E-state index contributed by atoms with van der Waals surface area (Å²) in [5.41, 5.74) is 1.43. The molecule has 148 valence electrons.